The van der Waals surface area contributed by atoms with E-state index in [-0.39, 0.29) is 17.1 Å². The third-order valence-electron chi connectivity index (χ3n) is 5.68. The van der Waals surface area contributed by atoms with Crippen LogP contribution < -0.4 is 10.3 Å². The van der Waals surface area contributed by atoms with Crippen molar-refractivity contribution in [3.05, 3.63) is 77.8 Å². The van der Waals surface area contributed by atoms with Gasteiger partial charge in [-0.15, -0.1) is 11.3 Å². The summed E-state index contributed by atoms with van der Waals surface area (Å²) in [5.74, 6) is 0. The molecule has 165 valence electrons. The van der Waals surface area contributed by atoms with E-state index < -0.39 is 0 Å². The fourth-order valence-electron chi connectivity index (χ4n) is 4.02. The maximum absolute atomic E-state index is 5.07. The van der Waals surface area contributed by atoms with Gasteiger partial charge in [0.15, 0.2) is 0 Å². The molecule has 1 aliphatic carbocycles. The second-order valence-electron chi connectivity index (χ2n) is 7.58. The molecule has 0 saturated heterocycles. The number of hydrogen-bond acceptors (Lipinski definition) is 5. The van der Waals surface area contributed by atoms with E-state index in [1.165, 1.54) is 11.3 Å². The van der Waals surface area contributed by atoms with Crippen molar-refractivity contribution in [2.45, 2.75) is 20.8 Å². The van der Waals surface area contributed by atoms with Gasteiger partial charge in [0.2, 0.25) is 0 Å². The molecule has 0 saturated carbocycles. The van der Waals surface area contributed by atoms with Crippen molar-refractivity contribution in [1.29, 1.82) is 0 Å². The topological polar surface area (TPSA) is 41.4 Å². The molecule has 1 aromatic heterocycles. The van der Waals surface area contributed by atoms with E-state index in [2.05, 4.69) is 79.2 Å². The normalized spacial score (nSPS) is 11.8. The standard InChI is InChI=1S/C26H24N4S.Cu/c1-4-30(5-2)18-12-13-20(17(3)15-18)28-22-16-24-26(25-19(22)9-8-14-27-25)29-21-10-6-7-11-23(21)31-24;/h6-16H,4-5H2,1-3H3;. The van der Waals surface area contributed by atoms with Crippen molar-refractivity contribution in [2.75, 3.05) is 18.0 Å². The zero-order chi connectivity index (χ0) is 21.4. The fourth-order valence-corrected chi connectivity index (χ4v) is 5.03. The first-order chi connectivity index (χ1) is 15.2. The predicted octanol–water partition coefficient (Wildman–Crippen LogP) is 6.33. The van der Waals surface area contributed by atoms with Crippen molar-refractivity contribution in [3.63, 3.8) is 0 Å². The summed E-state index contributed by atoms with van der Waals surface area (Å²) in [4.78, 5) is 18.1. The van der Waals surface area contributed by atoms with Gasteiger partial charge < -0.3 is 4.90 Å². The van der Waals surface area contributed by atoms with Crippen molar-refractivity contribution >= 4 is 43.8 Å². The molecular formula is C26H24CuN4S. The van der Waals surface area contributed by atoms with Gasteiger partial charge in [0, 0.05) is 47.4 Å². The molecule has 0 fully saturated rings. The fraction of sp³-hybridized carbons (Fsp3) is 0.192. The zero-order valence-corrected chi connectivity index (χ0v) is 20.0. The molecule has 6 heteroatoms. The van der Waals surface area contributed by atoms with Crippen molar-refractivity contribution in [3.8, 4) is 10.6 Å². The minimum atomic E-state index is 0. The molecule has 2 heterocycles. The van der Waals surface area contributed by atoms with Crippen LogP contribution in [0.1, 0.15) is 19.4 Å². The van der Waals surface area contributed by atoms with Crippen molar-refractivity contribution in [2.24, 2.45) is 4.99 Å². The van der Waals surface area contributed by atoms with E-state index in [0.29, 0.717) is 0 Å². The Morgan fingerprint density at radius 3 is 2.56 bits per heavy atom. The van der Waals surface area contributed by atoms with Crippen LogP contribution in [0, 0.1) is 6.92 Å². The summed E-state index contributed by atoms with van der Waals surface area (Å²) in [6.07, 6.45) is 1.83. The third-order valence-corrected chi connectivity index (χ3v) is 6.77. The smallest absolute Gasteiger partial charge is 0.107 e. The molecule has 0 spiro atoms. The molecule has 5 rings (SSSR count). The third kappa shape index (κ3) is 4.02. The van der Waals surface area contributed by atoms with E-state index >= 15 is 0 Å². The molecule has 2 aliphatic rings. The predicted molar refractivity (Wildman–Crippen MR) is 132 cm³/mol. The number of para-hydroxylation sites is 1. The minimum Gasteiger partial charge on any atom is -0.372 e. The maximum Gasteiger partial charge on any atom is 0.107 e. The van der Waals surface area contributed by atoms with Gasteiger partial charge in [-0.3, -0.25) is 4.98 Å². The summed E-state index contributed by atoms with van der Waals surface area (Å²) in [5, 5.41) is 1.96. The van der Waals surface area contributed by atoms with E-state index in [9.17, 15) is 0 Å². The molecule has 4 nitrogen and oxygen atoms in total. The Kier molecular flexibility index (Phi) is 6.56. The number of pyridine rings is 1. The van der Waals surface area contributed by atoms with Crippen LogP contribution in [-0.4, -0.2) is 23.1 Å². The van der Waals surface area contributed by atoms with Crippen LogP contribution in [0.2, 0.25) is 0 Å². The average molecular weight is 488 g/mol. The van der Waals surface area contributed by atoms with Gasteiger partial charge >= 0.3 is 0 Å². The minimum absolute atomic E-state index is 0. The summed E-state index contributed by atoms with van der Waals surface area (Å²) in [6, 6.07) is 21.0. The maximum atomic E-state index is 5.07. The first-order valence-corrected chi connectivity index (χ1v) is 11.5. The quantitative estimate of drug-likeness (QED) is 0.169. The molecule has 1 aliphatic heterocycles. The van der Waals surface area contributed by atoms with Crippen molar-refractivity contribution in [1.82, 2.24) is 9.97 Å². The second-order valence-corrected chi connectivity index (χ2v) is 8.66. The molecular weight excluding hydrogens is 464 g/mol. The molecule has 3 aromatic rings. The first kappa shape index (κ1) is 22.4. The molecule has 32 heavy (non-hydrogen) atoms. The van der Waals surface area contributed by atoms with Crippen LogP contribution in [0.4, 0.5) is 11.4 Å². The number of hydrogen-bond donors (Lipinski definition) is 0. The summed E-state index contributed by atoms with van der Waals surface area (Å²) in [5.41, 5.74) is 6.23. The Hall–Kier alpha value is -2.79. The van der Waals surface area contributed by atoms with Crippen LogP contribution in [0.15, 0.2) is 71.9 Å². The number of nitrogens with zero attached hydrogens (tertiary/aromatic N) is 4. The molecule has 0 N–H and O–H groups in total. The molecule has 0 atom stereocenters. The first-order valence-electron chi connectivity index (χ1n) is 10.7. The largest absolute Gasteiger partial charge is 0.372 e. The Balaban J connectivity index is 0.00000245. The van der Waals surface area contributed by atoms with Crippen LogP contribution in [0.5, 0.6) is 0 Å². The van der Waals surface area contributed by atoms with Crippen molar-refractivity contribution < 1.29 is 17.1 Å². The Labute approximate surface area is 202 Å². The summed E-state index contributed by atoms with van der Waals surface area (Å²) >= 11 is 1.74. The Morgan fingerprint density at radius 2 is 1.78 bits per heavy atom. The summed E-state index contributed by atoms with van der Waals surface area (Å²) < 4.78 is 1.16. The number of anilines is 1. The Bertz CT molecular complexity index is 1440. The van der Waals surface area contributed by atoms with E-state index in [1.54, 1.807) is 11.3 Å². The van der Waals surface area contributed by atoms with E-state index in [0.717, 1.165) is 55.8 Å². The van der Waals surface area contributed by atoms with Gasteiger partial charge in [-0.05, 0) is 74.9 Å². The van der Waals surface area contributed by atoms with Crippen LogP contribution in [0.3, 0.4) is 0 Å². The summed E-state index contributed by atoms with van der Waals surface area (Å²) in [7, 11) is 0. The molecule has 0 unspecified atom stereocenters. The van der Waals surface area contributed by atoms with Gasteiger partial charge in [0.25, 0.3) is 0 Å². The van der Waals surface area contributed by atoms with Gasteiger partial charge in [-0.1, -0.05) is 12.1 Å². The number of aromatic nitrogens is 2. The molecule has 0 bridgehead atoms. The number of rotatable bonds is 4. The van der Waals surface area contributed by atoms with E-state index in [4.69, 9.17) is 9.98 Å². The van der Waals surface area contributed by atoms with Gasteiger partial charge in [0.05, 0.1) is 31.7 Å². The zero-order valence-electron chi connectivity index (χ0n) is 18.3. The molecule has 0 amide bonds. The van der Waals surface area contributed by atoms with E-state index in [1.807, 2.05) is 18.3 Å². The number of aryl methyl sites for hydroxylation is 1. The molecule has 2 aromatic carbocycles. The second kappa shape index (κ2) is 9.37. The van der Waals surface area contributed by atoms with Crippen LogP contribution >= 0.6 is 11.3 Å². The Morgan fingerprint density at radius 1 is 0.969 bits per heavy atom. The summed E-state index contributed by atoms with van der Waals surface area (Å²) in [6.45, 7) is 8.49. The monoisotopic (exact) mass is 487 g/mol. The van der Waals surface area contributed by atoms with Crippen LogP contribution in [-0.2, 0) is 17.1 Å². The SMILES string of the molecule is CCN(CC)c1ccc(N=c2cc3sc4ccccc4nc-3c3ncccc23)c(C)c1.[Cu]. The average Bonchev–Trinajstić information content (AvgIpc) is 2.80. The number of fused-ring (bicyclic) bond motifs is 4. The van der Waals surface area contributed by atoms with Gasteiger partial charge in [0.1, 0.15) is 5.69 Å². The molecule has 1 radical (unpaired) electrons. The number of benzene rings is 3. The van der Waals surface area contributed by atoms with Gasteiger partial charge in [-0.2, -0.15) is 0 Å². The van der Waals surface area contributed by atoms with Crippen LogP contribution in [0.25, 0.3) is 31.7 Å². The van der Waals surface area contributed by atoms with Gasteiger partial charge in [-0.25, -0.2) is 9.98 Å².